The Morgan fingerprint density at radius 2 is 2.26 bits per heavy atom. The molecule has 0 aliphatic carbocycles. The number of halogens is 1. The third-order valence-electron chi connectivity index (χ3n) is 3.16. The number of hydrogen-bond donors (Lipinski definition) is 2. The van der Waals surface area contributed by atoms with Gasteiger partial charge in [-0.3, -0.25) is 0 Å². The second-order valence-corrected chi connectivity index (χ2v) is 5.17. The fourth-order valence-corrected chi connectivity index (χ4v) is 2.47. The Hall–Kier alpha value is -1.33. The minimum Gasteiger partial charge on any atom is -0.496 e. The highest BCUT2D eigenvalue weighted by Gasteiger charge is 2.13. The first kappa shape index (κ1) is 14.1. The van der Waals surface area contributed by atoms with E-state index in [2.05, 4.69) is 25.9 Å². The van der Waals surface area contributed by atoms with Crippen molar-refractivity contribution in [3.8, 4) is 17.0 Å². The van der Waals surface area contributed by atoms with Crippen molar-refractivity contribution in [2.75, 3.05) is 13.7 Å². The summed E-state index contributed by atoms with van der Waals surface area (Å²) in [6.45, 7) is 2.14. The molecule has 0 fully saturated rings. The number of imidazole rings is 1. The van der Waals surface area contributed by atoms with Gasteiger partial charge in [0, 0.05) is 11.5 Å². The van der Waals surface area contributed by atoms with Gasteiger partial charge >= 0.3 is 0 Å². The molecule has 0 radical (unpaired) electrons. The molecule has 2 N–H and O–H groups in total. The third kappa shape index (κ3) is 2.98. The van der Waals surface area contributed by atoms with Crippen molar-refractivity contribution in [1.29, 1.82) is 0 Å². The maximum atomic E-state index is 9.29. The number of methoxy groups -OCH3 is 1. The van der Waals surface area contributed by atoms with E-state index in [0.717, 1.165) is 33.7 Å². The Labute approximate surface area is 121 Å². The van der Waals surface area contributed by atoms with Gasteiger partial charge in [-0.2, -0.15) is 0 Å². The summed E-state index contributed by atoms with van der Waals surface area (Å²) in [5, 5.41) is 9.29. The monoisotopic (exact) mass is 324 g/mol. The first-order valence-corrected chi connectivity index (χ1v) is 6.98. The lowest BCUT2D eigenvalue weighted by atomic mass is 10.1. The predicted molar refractivity (Wildman–Crippen MR) is 78.4 cm³/mol. The van der Waals surface area contributed by atoms with Gasteiger partial charge in [-0.05, 0) is 40.5 Å². The van der Waals surface area contributed by atoms with E-state index in [9.17, 15) is 5.11 Å². The minimum atomic E-state index is 0.0652. The van der Waals surface area contributed by atoms with Crippen LogP contribution in [0.4, 0.5) is 0 Å². The average Bonchev–Trinajstić information content (AvgIpc) is 2.90. The molecule has 1 aromatic heterocycles. The Kier molecular flexibility index (Phi) is 4.61. The van der Waals surface area contributed by atoms with Crippen molar-refractivity contribution in [1.82, 2.24) is 9.97 Å². The summed E-state index contributed by atoms with van der Waals surface area (Å²) in [7, 11) is 1.64. The van der Waals surface area contributed by atoms with Gasteiger partial charge in [0.05, 0.1) is 30.1 Å². The van der Waals surface area contributed by atoms with E-state index in [-0.39, 0.29) is 12.5 Å². The molecule has 0 saturated carbocycles. The third-order valence-corrected chi connectivity index (χ3v) is 3.78. The molecule has 2 aromatic rings. The normalized spacial score (nSPS) is 12.4. The molecule has 0 bridgehead atoms. The molecule has 1 heterocycles. The van der Waals surface area contributed by atoms with Crippen LogP contribution in [0.15, 0.2) is 28.9 Å². The van der Waals surface area contributed by atoms with Crippen LogP contribution in [0.25, 0.3) is 11.3 Å². The second-order valence-electron chi connectivity index (χ2n) is 4.32. The number of aromatic nitrogens is 2. The fourth-order valence-electron chi connectivity index (χ4n) is 1.93. The number of benzene rings is 1. The zero-order valence-electron chi connectivity index (χ0n) is 11.0. The SMILES string of the molecule is CCC(CO)c1ncc(-c2ccc(OC)c(Br)c2)[nH]1. The number of aliphatic hydroxyl groups is 1. The molecular weight excluding hydrogens is 308 g/mol. The first-order chi connectivity index (χ1) is 9.19. The molecule has 4 nitrogen and oxygen atoms in total. The maximum absolute atomic E-state index is 9.29. The quantitative estimate of drug-likeness (QED) is 0.886. The van der Waals surface area contributed by atoms with Crippen molar-refractivity contribution in [3.05, 3.63) is 34.7 Å². The summed E-state index contributed by atoms with van der Waals surface area (Å²) in [6, 6.07) is 5.86. The predicted octanol–water partition coefficient (Wildman–Crippen LogP) is 3.33. The highest BCUT2D eigenvalue weighted by atomic mass is 79.9. The van der Waals surface area contributed by atoms with Gasteiger partial charge in [0.2, 0.25) is 0 Å². The number of aliphatic hydroxyl groups excluding tert-OH is 1. The Balaban J connectivity index is 2.30. The summed E-state index contributed by atoms with van der Waals surface area (Å²) in [4.78, 5) is 7.61. The highest BCUT2D eigenvalue weighted by Crippen LogP contribution is 2.30. The van der Waals surface area contributed by atoms with Crippen LogP contribution in [-0.2, 0) is 0 Å². The van der Waals surface area contributed by atoms with Crippen molar-refractivity contribution >= 4 is 15.9 Å². The Bertz CT molecular complexity index is 550. The van der Waals surface area contributed by atoms with Gasteiger partial charge in [-0.1, -0.05) is 6.92 Å². The van der Waals surface area contributed by atoms with Gasteiger partial charge in [0.25, 0.3) is 0 Å². The molecule has 1 atom stereocenters. The summed E-state index contributed by atoms with van der Waals surface area (Å²) in [5.41, 5.74) is 1.96. The zero-order valence-corrected chi connectivity index (χ0v) is 12.6. The summed E-state index contributed by atoms with van der Waals surface area (Å²) in [5.74, 6) is 1.69. The van der Waals surface area contributed by atoms with Gasteiger partial charge in [-0.15, -0.1) is 0 Å². The van der Waals surface area contributed by atoms with E-state index in [1.807, 2.05) is 25.1 Å². The summed E-state index contributed by atoms with van der Waals surface area (Å²) in [6.07, 6.45) is 2.65. The van der Waals surface area contributed by atoms with Crippen LogP contribution in [0, 0.1) is 0 Å². The molecule has 2 rings (SSSR count). The molecular formula is C14H17BrN2O2. The Morgan fingerprint density at radius 1 is 1.47 bits per heavy atom. The van der Waals surface area contributed by atoms with Gasteiger partial charge < -0.3 is 14.8 Å². The van der Waals surface area contributed by atoms with E-state index in [0.29, 0.717) is 0 Å². The largest absolute Gasteiger partial charge is 0.496 e. The standard InChI is InChI=1S/C14H17BrN2O2/c1-3-9(8-18)14-16-7-12(17-14)10-4-5-13(19-2)11(15)6-10/h4-7,9,18H,3,8H2,1-2H3,(H,16,17). The second kappa shape index (κ2) is 6.21. The lowest BCUT2D eigenvalue weighted by Crippen LogP contribution is -2.04. The van der Waals surface area contributed by atoms with Crippen LogP contribution in [-0.4, -0.2) is 28.8 Å². The molecule has 5 heteroatoms. The minimum absolute atomic E-state index is 0.0652. The van der Waals surface area contributed by atoms with Crippen molar-refractivity contribution < 1.29 is 9.84 Å². The van der Waals surface area contributed by atoms with Gasteiger partial charge in [0.15, 0.2) is 0 Å². The molecule has 1 unspecified atom stereocenters. The van der Waals surface area contributed by atoms with Gasteiger partial charge in [-0.25, -0.2) is 4.98 Å². The van der Waals surface area contributed by atoms with Crippen molar-refractivity contribution in [2.24, 2.45) is 0 Å². The smallest absolute Gasteiger partial charge is 0.133 e. The number of nitrogens with zero attached hydrogens (tertiary/aromatic N) is 1. The van der Waals surface area contributed by atoms with Crippen LogP contribution < -0.4 is 4.74 Å². The average molecular weight is 325 g/mol. The topological polar surface area (TPSA) is 58.1 Å². The molecule has 0 amide bonds. The molecule has 0 aliphatic heterocycles. The number of nitrogens with one attached hydrogen (secondary N) is 1. The summed E-state index contributed by atoms with van der Waals surface area (Å²) < 4.78 is 6.11. The van der Waals surface area contributed by atoms with E-state index < -0.39 is 0 Å². The van der Waals surface area contributed by atoms with Crippen LogP contribution >= 0.6 is 15.9 Å². The number of ether oxygens (including phenoxy) is 1. The zero-order chi connectivity index (χ0) is 13.8. The van der Waals surface area contributed by atoms with Gasteiger partial charge in [0.1, 0.15) is 11.6 Å². The van der Waals surface area contributed by atoms with E-state index in [4.69, 9.17) is 4.74 Å². The number of rotatable bonds is 5. The molecule has 19 heavy (non-hydrogen) atoms. The lowest BCUT2D eigenvalue weighted by Gasteiger charge is -2.07. The molecule has 102 valence electrons. The molecule has 0 aliphatic rings. The van der Waals surface area contributed by atoms with Crippen LogP contribution in [0.5, 0.6) is 5.75 Å². The van der Waals surface area contributed by atoms with E-state index in [1.165, 1.54) is 0 Å². The lowest BCUT2D eigenvalue weighted by molar-refractivity contribution is 0.258. The number of aromatic amines is 1. The molecule has 0 saturated heterocycles. The van der Waals surface area contributed by atoms with Crippen LogP contribution in [0.3, 0.4) is 0 Å². The first-order valence-electron chi connectivity index (χ1n) is 6.19. The Morgan fingerprint density at radius 3 is 2.84 bits per heavy atom. The van der Waals surface area contributed by atoms with Crippen LogP contribution in [0.2, 0.25) is 0 Å². The van der Waals surface area contributed by atoms with Crippen LogP contribution in [0.1, 0.15) is 25.1 Å². The molecule has 1 aromatic carbocycles. The highest BCUT2D eigenvalue weighted by molar-refractivity contribution is 9.10. The number of hydrogen-bond acceptors (Lipinski definition) is 3. The fraction of sp³-hybridized carbons (Fsp3) is 0.357. The molecule has 0 spiro atoms. The maximum Gasteiger partial charge on any atom is 0.133 e. The van der Waals surface area contributed by atoms with Crippen molar-refractivity contribution in [2.45, 2.75) is 19.3 Å². The summed E-state index contributed by atoms with van der Waals surface area (Å²) >= 11 is 3.47. The van der Waals surface area contributed by atoms with E-state index in [1.54, 1.807) is 13.3 Å². The van der Waals surface area contributed by atoms with Crippen molar-refractivity contribution in [3.63, 3.8) is 0 Å². The van der Waals surface area contributed by atoms with E-state index >= 15 is 0 Å². The number of H-pyrrole nitrogens is 1.